The standard InChI is InChI=1S/C24H27N3O3/c1-15-11-12-20(13-16(15)2)17(3)25-22(28)14-30-24(29)23-18(4)26-27(19(23)5)21-9-7-6-8-10-21/h6-13,17H,14H2,1-5H3,(H,25,28)/t17-/m0/s1. The zero-order valence-corrected chi connectivity index (χ0v) is 18.0. The summed E-state index contributed by atoms with van der Waals surface area (Å²) in [5.74, 6) is -0.902. The van der Waals surface area contributed by atoms with Gasteiger partial charge in [0.1, 0.15) is 5.56 Å². The molecule has 1 aromatic heterocycles. The molecule has 0 saturated heterocycles. The lowest BCUT2D eigenvalue weighted by atomic mass is 10.0. The van der Waals surface area contributed by atoms with Crippen molar-refractivity contribution < 1.29 is 14.3 Å². The van der Waals surface area contributed by atoms with Crippen LogP contribution in [0.5, 0.6) is 0 Å². The number of nitrogens with one attached hydrogen (secondary N) is 1. The van der Waals surface area contributed by atoms with Gasteiger partial charge < -0.3 is 10.1 Å². The van der Waals surface area contributed by atoms with Gasteiger partial charge in [-0.2, -0.15) is 5.10 Å². The number of para-hydroxylation sites is 1. The minimum absolute atomic E-state index is 0.181. The number of aryl methyl sites for hydroxylation is 3. The molecule has 0 unspecified atom stereocenters. The van der Waals surface area contributed by atoms with Gasteiger partial charge in [-0.1, -0.05) is 36.4 Å². The van der Waals surface area contributed by atoms with Crippen molar-refractivity contribution in [2.45, 2.75) is 40.7 Å². The number of carbonyl (C=O) groups excluding carboxylic acids is 2. The summed E-state index contributed by atoms with van der Waals surface area (Å²) >= 11 is 0. The highest BCUT2D eigenvalue weighted by molar-refractivity contribution is 5.93. The first-order chi connectivity index (χ1) is 14.3. The van der Waals surface area contributed by atoms with Crippen LogP contribution < -0.4 is 5.32 Å². The Bertz CT molecular complexity index is 1070. The summed E-state index contributed by atoms with van der Waals surface area (Å²) in [6.07, 6.45) is 0. The van der Waals surface area contributed by atoms with Gasteiger partial charge in [-0.15, -0.1) is 0 Å². The fraction of sp³-hybridized carbons (Fsp3) is 0.292. The molecule has 1 N–H and O–H groups in total. The first-order valence-corrected chi connectivity index (χ1v) is 9.93. The number of hydrogen-bond donors (Lipinski definition) is 1. The molecular formula is C24H27N3O3. The summed E-state index contributed by atoms with van der Waals surface area (Å²) in [4.78, 5) is 24.9. The van der Waals surface area contributed by atoms with E-state index in [1.807, 2.05) is 70.2 Å². The van der Waals surface area contributed by atoms with Crippen molar-refractivity contribution in [2.75, 3.05) is 6.61 Å². The highest BCUT2D eigenvalue weighted by Crippen LogP contribution is 2.19. The third-order valence-electron chi connectivity index (χ3n) is 5.24. The van der Waals surface area contributed by atoms with Crippen LogP contribution in [-0.4, -0.2) is 28.3 Å². The van der Waals surface area contributed by atoms with Crippen LogP contribution >= 0.6 is 0 Å². The largest absolute Gasteiger partial charge is 0.452 e. The van der Waals surface area contributed by atoms with E-state index < -0.39 is 5.97 Å². The van der Waals surface area contributed by atoms with Gasteiger partial charge in [0, 0.05) is 0 Å². The minimum atomic E-state index is -0.554. The maximum absolute atomic E-state index is 12.6. The number of hydrogen-bond acceptors (Lipinski definition) is 4. The summed E-state index contributed by atoms with van der Waals surface area (Å²) in [5, 5.41) is 7.32. The van der Waals surface area contributed by atoms with Crippen molar-refractivity contribution >= 4 is 11.9 Å². The van der Waals surface area contributed by atoms with Crippen molar-refractivity contribution in [3.63, 3.8) is 0 Å². The molecule has 0 aliphatic carbocycles. The summed E-state index contributed by atoms with van der Waals surface area (Å²) in [5.41, 5.74) is 5.85. The number of esters is 1. The number of ether oxygens (including phenoxy) is 1. The van der Waals surface area contributed by atoms with Crippen LogP contribution in [0.25, 0.3) is 5.69 Å². The van der Waals surface area contributed by atoms with Crippen LogP contribution in [0.15, 0.2) is 48.5 Å². The van der Waals surface area contributed by atoms with Crippen molar-refractivity contribution in [1.29, 1.82) is 0 Å². The Morgan fingerprint density at radius 3 is 2.40 bits per heavy atom. The van der Waals surface area contributed by atoms with Crippen LogP contribution in [0, 0.1) is 27.7 Å². The van der Waals surface area contributed by atoms with Gasteiger partial charge in [0.2, 0.25) is 0 Å². The van der Waals surface area contributed by atoms with Gasteiger partial charge in [-0.25, -0.2) is 9.48 Å². The SMILES string of the molecule is Cc1ccc([C@H](C)NC(=O)COC(=O)c2c(C)nn(-c3ccccc3)c2C)cc1C. The Morgan fingerprint density at radius 1 is 1.03 bits per heavy atom. The Balaban J connectivity index is 1.63. The molecule has 0 radical (unpaired) electrons. The molecule has 0 aliphatic heterocycles. The maximum Gasteiger partial charge on any atom is 0.342 e. The fourth-order valence-electron chi connectivity index (χ4n) is 3.36. The Labute approximate surface area is 176 Å². The van der Waals surface area contributed by atoms with E-state index in [4.69, 9.17) is 4.74 Å². The second-order valence-corrected chi connectivity index (χ2v) is 7.50. The summed E-state index contributed by atoms with van der Waals surface area (Å²) in [6, 6.07) is 15.5. The first-order valence-electron chi connectivity index (χ1n) is 9.93. The molecule has 1 amide bonds. The van der Waals surface area contributed by atoms with Crippen LogP contribution in [0.3, 0.4) is 0 Å². The average Bonchev–Trinajstić information content (AvgIpc) is 3.03. The smallest absolute Gasteiger partial charge is 0.342 e. The van der Waals surface area contributed by atoms with E-state index in [0.29, 0.717) is 17.0 Å². The lowest BCUT2D eigenvalue weighted by Crippen LogP contribution is -2.31. The third-order valence-corrected chi connectivity index (χ3v) is 5.24. The molecule has 3 aromatic rings. The predicted molar refractivity (Wildman–Crippen MR) is 116 cm³/mol. The van der Waals surface area contributed by atoms with E-state index in [1.165, 1.54) is 11.1 Å². The molecule has 6 heteroatoms. The highest BCUT2D eigenvalue weighted by atomic mass is 16.5. The topological polar surface area (TPSA) is 73.2 Å². The Morgan fingerprint density at radius 2 is 1.73 bits per heavy atom. The van der Waals surface area contributed by atoms with E-state index in [-0.39, 0.29) is 18.6 Å². The quantitative estimate of drug-likeness (QED) is 0.626. The van der Waals surface area contributed by atoms with Crippen LogP contribution in [0.4, 0.5) is 0 Å². The summed E-state index contributed by atoms with van der Waals surface area (Å²) < 4.78 is 6.98. The van der Waals surface area contributed by atoms with Crippen LogP contribution in [-0.2, 0) is 9.53 Å². The predicted octanol–water partition coefficient (Wildman–Crippen LogP) is 4.14. The minimum Gasteiger partial charge on any atom is -0.452 e. The number of nitrogens with zero attached hydrogens (tertiary/aromatic N) is 2. The zero-order chi connectivity index (χ0) is 21.8. The van der Waals surface area contributed by atoms with Crippen LogP contribution in [0.1, 0.15) is 51.4 Å². The van der Waals surface area contributed by atoms with E-state index >= 15 is 0 Å². The molecule has 3 rings (SSSR count). The van der Waals surface area contributed by atoms with Gasteiger partial charge >= 0.3 is 5.97 Å². The van der Waals surface area contributed by atoms with E-state index in [1.54, 1.807) is 11.6 Å². The lowest BCUT2D eigenvalue weighted by molar-refractivity contribution is -0.124. The van der Waals surface area contributed by atoms with Crippen molar-refractivity contribution in [3.8, 4) is 5.69 Å². The Hall–Kier alpha value is -3.41. The summed E-state index contributed by atoms with van der Waals surface area (Å²) in [7, 11) is 0. The van der Waals surface area contributed by atoms with Crippen molar-refractivity contribution in [3.05, 3.63) is 82.2 Å². The first kappa shape index (κ1) is 21.3. The second-order valence-electron chi connectivity index (χ2n) is 7.50. The van der Waals surface area contributed by atoms with Crippen LogP contribution in [0.2, 0.25) is 0 Å². The normalized spacial score (nSPS) is 11.8. The van der Waals surface area contributed by atoms with E-state index in [9.17, 15) is 9.59 Å². The van der Waals surface area contributed by atoms with Gasteiger partial charge in [0.15, 0.2) is 6.61 Å². The fourth-order valence-corrected chi connectivity index (χ4v) is 3.36. The molecule has 156 valence electrons. The molecule has 0 bridgehead atoms. The van der Waals surface area contributed by atoms with E-state index in [2.05, 4.69) is 16.5 Å². The molecule has 0 spiro atoms. The van der Waals surface area contributed by atoms with Crippen molar-refractivity contribution in [1.82, 2.24) is 15.1 Å². The molecule has 0 fully saturated rings. The molecule has 6 nitrogen and oxygen atoms in total. The molecule has 0 saturated carbocycles. The van der Waals surface area contributed by atoms with E-state index in [0.717, 1.165) is 11.3 Å². The number of carbonyl (C=O) groups is 2. The van der Waals surface area contributed by atoms with Gasteiger partial charge in [0.25, 0.3) is 5.91 Å². The van der Waals surface area contributed by atoms with Gasteiger partial charge in [0.05, 0.1) is 23.1 Å². The van der Waals surface area contributed by atoms with Crippen molar-refractivity contribution in [2.24, 2.45) is 0 Å². The third kappa shape index (κ3) is 4.59. The zero-order valence-electron chi connectivity index (χ0n) is 18.0. The second kappa shape index (κ2) is 8.95. The number of aromatic nitrogens is 2. The van der Waals surface area contributed by atoms with Gasteiger partial charge in [-0.05, 0) is 63.4 Å². The highest BCUT2D eigenvalue weighted by Gasteiger charge is 2.22. The summed E-state index contributed by atoms with van der Waals surface area (Å²) in [6.45, 7) is 9.21. The molecule has 30 heavy (non-hydrogen) atoms. The number of benzene rings is 2. The van der Waals surface area contributed by atoms with Gasteiger partial charge in [-0.3, -0.25) is 4.79 Å². The molecular weight excluding hydrogens is 378 g/mol. The number of rotatable bonds is 6. The molecule has 1 heterocycles. The monoisotopic (exact) mass is 405 g/mol. The molecule has 2 aromatic carbocycles. The average molecular weight is 405 g/mol. The number of amides is 1. The Kier molecular flexibility index (Phi) is 6.35. The maximum atomic E-state index is 12.6. The molecule has 1 atom stereocenters. The molecule has 0 aliphatic rings. The lowest BCUT2D eigenvalue weighted by Gasteiger charge is -2.16.